The first-order valence-corrected chi connectivity index (χ1v) is 7.88. The van der Waals surface area contributed by atoms with Gasteiger partial charge in [0.05, 0.1) is 11.4 Å². The van der Waals surface area contributed by atoms with Gasteiger partial charge in [-0.25, -0.2) is 8.78 Å². The molecule has 1 fully saturated rings. The maximum Gasteiger partial charge on any atom is 0.293 e. The van der Waals surface area contributed by atoms with E-state index in [0.717, 1.165) is 35.2 Å². The minimum Gasteiger partial charge on any atom is -0.508 e. The minimum absolute atomic E-state index is 0.00276. The number of imide groups is 1. The number of carbonyl (C=O) groups is 2. The van der Waals surface area contributed by atoms with Crippen LogP contribution in [0.5, 0.6) is 11.5 Å². The second kappa shape index (κ2) is 6.56. The number of aromatic hydroxyl groups is 2. The van der Waals surface area contributed by atoms with Crippen molar-refractivity contribution in [3.63, 3.8) is 0 Å². The van der Waals surface area contributed by atoms with Crippen LogP contribution in [-0.2, 0) is 11.3 Å². The number of halogens is 2. The molecule has 5 nitrogen and oxygen atoms in total. The molecule has 128 valence electrons. The van der Waals surface area contributed by atoms with Crippen molar-refractivity contribution in [3.8, 4) is 11.5 Å². The van der Waals surface area contributed by atoms with Gasteiger partial charge in [0, 0.05) is 5.56 Å². The predicted molar refractivity (Wildman–Crippen MR) is 87.6 cm³/mol. The summed E-state index contributed by atoms with van der Waals surface area (Å²) in [5, 5.41) is 18.2. The van der Waals surface area contributed by atoms with Crippen molar-refractivity contribution in [2.24, 2.45) is 0 Å². The van der Waals surface area contributed by atoms with E-state index in [0.29, 0.717) is 17.3 Å². The second-order valence-electron chi connectivity index (χ2n) is 5.25. The first-order chi connectivity index (χ1) is 11.8. The molecule has 2 N–H and O–H groups in total. The van der Waals surface area contributed by atoms with Crippen LogP contribution in [0, 0.1) is 11.6 Å². The Morgan fingerprint density at radius 1 is 1.04 bits per heavy atom. The van der Waals surface area contributed by atoms with Crippen molar-refractivity contribution >= 4 is 29.0 Å². The molecule has 0 unspecified atom stereocenters. The van der Waals surface area contributed by atoms with E-state index in [-0.39, 0.29) is 22.8 Å². The molecule has 25 heavy (non-hydrogen) atoms. The molecule has 0 aromatic heterocycles. The molecule has 0 atom stereocenters. The van der Waals surface area contributed by atoms with Gasteiger partial charge >= 0.3 is 0 Å². The highest BCUT2D eigenvalue weighted by molar-refractivity contribution is 8.18. The van der Waals surface area contributed by atoms with Gasteiger partial charge in [-0.1, -0.05) is 6.07 Å². The first kappa shape index (κ1) is 17.0. The average Bonchev–Trinajstić information content (AvgIpc) is 2.82. The monoisotopic (exact) mass is 363 g/mol. The second-order valence-corrected chi connectivity index (χ2v) is 6.25. The van der Waals surface area contributed by atoms with Crippen molar-refractivity contribution < 1.29 is 28.6 Å². The number of benzene rings is 2. The molecule has 0 saturated carbocycles. The Bertz CT molecular complexity index is 914. The summed E-state index contributed by atoms with van der Waals surface area (Å²) in [5.74, 6) is -2.84. The zero-order chi connectivity index (χ0) is 18.1. The normalized spacial score (nSPS) is 16.1. The first-order valence-electron chi connectivity index (χ1n) is 7.06. The molecular formula is C17H11F2NO4S. The molecule has 8 heteroatoms. The minimum atomic E-state index is -0.801. The Labute approximate surface area is 145 Å². The SMILES string of the molecule is O=C1SC(=Cc2ccc(F)c(O)c2)C(=O)N1Cc1cc(O)ccc1F. The van der Waals surface area contributed by atoms with Crippen molar-refractivity contribution in [2.45, 2.75) is 6.54 Å². The number of thioether (sulfide) groups is 1. The van der Waals surface area contributed by atoms with Gasteiger partial charge in [-0.05, 0) is 53.7 Å². The summed E-state index contributed by atoms with van der Waals surface area (Å²) in [6.45, 7) is -0.323. The summed E-state index contributed by atoms with van der Waals surface area (Å²) in [4.78, 5) is 25.3. The molecule has 2 amide bonds. The molecule has 2 aromatic carbocycles. The molecule has 0 spiro atoms. The van der Waals surface area contributed by atoms with Crippen molar-refractivity contribution in [2.75, 3.05) is 0 Å². The van der Waals surface area contributed by atoms with Gasteiger partial charge in [0.1, 0.15) is 11.6 Å². The summed E-state index contributed by atoms with van der Waals surface area (Å²) in [6, 6.07) is 6.85. The van der Waals surface area contributed by atoms with E-state index in [4.69, 9.17) is 0 Å². The lowest BCUT2D eigenvalue weighted by Crippen LogP contribution is -2.27. The van der Waals surface area contributed by atoms with Gasteiger partial charge < -0.3 is 10.2 Å². The summed E-state index contributed by atoms with van der Waals surface area (Å²) in [5.41, 5.74) is 0.343. The molecule has 2 aromatic rings. The van der Waals surface area contributed by atoms with Crippen LogP contribution in [0.3, 0.4) is 0 Å². The number of phenolic OH excluding ortho intramolecular Hbond substituents is 2. The largest absolute Gasteiger partial charge is 0.508 e. The third kappa shape index (κ3) is 3.48. The van der Waals surface area contributed by atoms with Gasteiger partial charge in [0.2, 0.25) is 0 Å². The van der Waals surface area contributed by atoms with Gasteiger partial charge in [0.25, 0.3) is 11.1 Å². The topological polar surface area (TPSA) is 77.8 Å². The fourth-order valence-corrected chi connectivity index (χ4v) is 3.10. The molecule has 1 saturated heterocycles. The van der Waals surface area contributed by atoms with E-state index >= 15 is 0 Å². The highest BCUT2D eigenvalue weighted by atomic mass is 32.2. The number of nitrogens with zero attached hydrogens (tertiary/aromatic N) is 1. The van der Waals surface area contributed by atoms with Crippen LogP contribution in [0.4, 0.5) is 13.6 Å². The quantitative estimate of drug-likeness (QED) is 0.815. The predicted octanol–water partition coefficient (Wildman–Crippen LogP) is 3.61. The van der Waals surface area contributed by atoms with Gasteiger partial charge in [0.15, 0.2) is 11.6 Å². The summed E-state index contributed by atoms with van der Waals surface area (Å²) in [7, 11) is 0. The van der Waals surface area contributed by atoms with E-state index in [2.05, 4.69) is 0 Å². The lowest BCUT2D eigenvalue weighted by atomic mass is 10.1. The molecule has 1 aliphatic heterocycles. The Morgan fingerprint density at radius 3 is 2.48 bits per heavy atom. The Kier molecular flexibility index (Phi) is 4.45. The van der Waals surface area contributed by atoms with Crippen LogP contribution >= 0.6 is 11.8 Å². The van der Waals surface area contributed by atoms with Gasteiger partial charge in [-0.15, -0.1) is 0 Å². The Hall–Kier alpha value is -2.87. The number of hydrogen-bond acceptors (Lipinski definition) is 5. The summed E-state index contributed by atoms with van der Waals surface area (Å²) < 4.78 is 26.8. The molecule has 3 rings (SSSR count). The number of rotatable bonds is 3. The fraction of sp³-hybridized carbons (Fsp3) is 0.0588. The molecule has 0 bridgehead atoms. The molecule has 1 aliphatic rings. The van der Waals surface area contributed by atoms with Crippen LogP contribution in [0.2, 0.25) is 0 Å². The molecule has 1 heterocycles. The van der Waals surface area contributed by atoms with E-state index in [1.807, 2.05) is 0 Å². The molecular weight excluding hydrogens is 352 g/mol. The maximum absolute atomic E-state index is 13.8. The standard InChI is InChI=1S/C17H11F2NO4S/c18-12-4-2-11(21)7-10(12)8-20-16(23)15(25-17(20)24)6-9-1-3-13(19)14(22)5-9/h1-7,21-22H,8H2. The molecule has 0 aliphatic carbocycles. The Morgan fingerprint density at radius 2 is 1.76 bits per heavy atom. The third-order valence-electron chi connectivity index (χ3n) is 3.50. The van der Waals surface area contributed by atoms with E-state index in [1.165, 1.54) is 12.1 Å². The van der Waals surface area contributed by atoms with Crippen LogP contribution in [0.15, 0.2) is 41.3 Å². The lowest BCUT2D eigenvalue weighted by molar-refractivity contribution is -0.123. The maximum atomic E-state index is 13.8. The lowest BCUT2D eigenvalue weighted by Gasteiger charge is -2.13. The average molecular weight is 363 g/mol. The van der Waals surface area contributed by atoms with E-state index in [9.17, 15) is 28.6 Å². The van der Waals surface area contributed by atoms with Crippen LogP contribution in [-0.4, -0.2) is 26.3 Å². The van der Waals surface area contributed by atoms with Crippen LogP contribution in [0.1, 0.15) is 11.1 Å². The third-order valence-corrected chi connectivity index (χ3v) is 4.41. The van der Waals surface area contributed by atoms with Gasteiger partial charge in [-0.3, -0.25) is 14.5 Å². The zero-order valence-electron chi connectivity index (χ0n) is 12.6. The number of amides is 2. The fourth-order valence-electron chi connectivity index (χ4n) is 2.26. The summed E-state index contributed by atoms with van der Waals surface area (Å²) in [6.07, 6.45) is 1.34. The van der Waals surface area contributed by atoms with Crippen molar-refractivity contribution in [3.05, 3.63) is 64.1 Å². The number of phenols is 2. The van der Waals surface area contributed by atoms with Crippen molar-refractivity contribution in [1.29, 1.82) is 0 Å². The Balaban J connectivity index is 1.85. The van der Waals surface area contributed by atoms with Crippen LogP contribution in [0.25, 0.3) is 6.08 Å². The summed E-state index contributed by atoms with van der Waals surface area (Å²) >= 11 is 0.654. The zero-order valence-corrected chi connectivity index (χ0v) is 13.4. The van der Waals surface area contributed by atoms with E-state index in [1.54, 1.807) is 0 Å². The van der Waals surface area contributed by atoms with E-state index < -0.39 is 28.5 Å². The smallest absolute Gasteiger partial charge is 0.293 e. The number of hydrogen-bond donors (Lipinski definition) is 2. The van der Waals surface area contributed by atoms with Gasteiger partial charge in [-0.2, -0.15) is 0 Å². The van der Waals surface area contributed by atoms with Crippen LogP contribution < -0.4 is 0 Å². The number of carbonyl (C=O) groups excluding carboxylic acids is 2. The van der Waals surface area contributed by atoms with Crippen molar-refractivity contribution in [1.82, 2.24) is 4.90 Å². The highest BCUT2D eigenvalue weighted by Crippen LogP contribution is 2.34. The molecule has 0 radical (unpaired) electrons. The highest BCUT2D eigenvalue weighted by Gasteiger charge is 2.35.